The molecule has 0 fully saturated rings. The molecule has 1 atom stereocenters. The van der Waals surface area contributed by atoms with Crippen molar-refractivity contribution in [3.05, 3.63) is 12.7 Å². The van der Waals surface area contributed by atoms with Gasteiger partial charge in [-0.1, -0.05) is 13.8 Å². The van der Waals surface area contributed by atoms with Gasteiger partial charge < -0.3 is 10.4 Å². The molecule has 0 aromatic carbocycles. The van der Waals surface area contributed by atoms with Crippen LogP contribution in [0.3, 0.4) is 0 Å². The van der Waals surface area contributed by atoms with Gasteiger partial charge >= 0.3 is 6.09 Å². The lowest BCUT2D eigenvalue weighted by Gasteiger charge is -2.18. The van der Waals surface area contributed by atoms with Gasteiger partial charge in [-0.2, -0.15) is 5.10 Å². The van der Waals surface area contributed by atoms with Crippen LogP contribution in [-0.4, -0.2) is 32.0 Å². The largest absolute Gasteiger partial charge is 0.465 e. The minimum atomic E-state index is -0.999. The molecule has 2 N–H and O–H groups in total. The molecule has 1 aromatic heterocycles. The average molecular weight is 212 g/mol. The first-order valence-electron chi connectivity index (χ1n) is 4.89. The molecule has 84 valence electrons. The Hall–Kier alpha value is -1.59. The summed E-state index contributed by atoms with van der Waals surface area (Å²) in [6.07, 6.45) is 2.80. The Morgan fingerprint density at radius 2 is 2.33 bits per heavy atom. The van der Waals surface area contributed by atoms with Crippen LogP contribution in [0, 0.1) is 5.92 Å². The van der Waals surface area contributed by atoms with Crippen LogP contribution in [0.5, 0.6) is 0 Å². The second kappa shape index (κ2) is 5.33. The highest BCUT2D eigenvalue weighted by molar-refractivity contribution is 5.64. The van der Waals surface area contributed by atoms with E-state index in [1.165, 1.54) is 6.33 Å². The maximum Gasteiger partial charge on any atom is 0.404 e. The van der Waals surface area contributed by atoms with Gasteiger partial charge in [0.1, 0.15) is 12.7 Å². The number of rotatable bonds is 5. The fraction of sp³-hybridized carbons (Fsp3) is 0.667. The predicted octanol–water partition coefficient (Wildman–Crippen LogP) is 0.960. The molecule has 1 rings (SSSR count). The summed E-state index contributed by atoms with van der Waals surface area (Å²) in [5, 5.41) is 15.1. The molecule has 0 radical (unpaired) electrons. The highest BCUT2D eigenvalue weighted by atomic mass is 16.4. The third-order valence-electron chi connectivity index (χ3n) is 1.96. The first-order chi connectivity index (χ1) is 7.08. The number of hydrogen-bond donors (Lipinski definition) is 2. The van der Waals surface area contributed by atoms with E-state index >= 15 is 0 Å². The van der Waals surface area contributed by atoms with Crippen LogP contribution in [0.25, 0.3) is 0 Å². The molecule has 0 bridgehead atoms. The van der Waals surface area contributed by atoms with Crippen molar-refractivity contribution in [1.82, 2.24) is 20.1 Å². The molecule has 0 aliphatic rings. The van der Waals surface area contributed by atoms with Crippen molar-refractivity contribution in [1.29, 1.82) is 0 Å². The SMILES string of the molecule is CC(C)CC(Cn1cncn1)NC(=O)O. The average Bonchev–Trinajstić information content (AvgIpc) is 2.53. The molecule has 6 nitrogen and oxygen atoms in total. The molecule has 0 spiro atoms. The maximum absolute atomic E-state index is 10.6. The van der Waals surface area contributed by atoms with Crippen LogP contribution in [0.1, 0.15) is 20.3 Å². The van der Waals surface area contributed by atoms with Crippen LogP contribution in [0.2, 0.25) is 0 Å². The Balaban J connectivity index is 2.52. The van der Waals surface area contributed by atoms with Crippen molar-refractivity contribution in [2.75, 3.05) is 0 Å². The van der Waals surface area contributed by atoms with Gasteiger partial charge in [-0.05, 0) is 12.3 Å². The zero-order valence-corrected chi connectivity index (χ0v) is 8.92. The van der Waals surface area contributed by atoms with Crippen molar-refractivity contribution in [3.63, 3.8) is 0 Å². The lowest BCUT2D eigenvalue weighted by molar-refractivity contribution is 0.185. The fourth-order valence-corrected chi connectivity index (χ4v) is 1.48. The van der Waals surface area contributed by atoms with Crippen LogP contribution >= 0.6 is 0 Å². The van der Waals surface area contributed by atoms with Crippen molar-refractivity contribution in [3.8, 4) is 0 Å². The Morgan fingerprint density at radius 3 is 2.80 bits per heavy atom. The van der Waals surface area contributed by atoms with E-state index in [1.807, 2.05) is 0 Å². The van der Waals surface area contributed by atoms with E-state index in [2.05, 4.69) is 29.2 Å². The van der Waals surface area contributed by atoms with Gasteiger partial charge in [0.25, 0.3) is 0 Å². The number of nitrogens with one attached hydrogen (secondary N) is 1. The lowest BCUT2D eigenvalue weighted by Crippen LogP contribution is -2.38. The minimum Gasteiger partial charge on any atom is -0.465 e. The first kappa shape index (κ1) is 11.5. The summed E-state index contributed by atoms with van der Waals surface area (Å²) in [5.41, 5.74) is 0. The smallest absolute Gasteiger partial charge is 0.404 e. The molecular formula is C9H16N4O2. The molecule has 1 unspecified atom stereocenters. The quantitative estimate of drug-likeness (QED) is 0.761. The molecule has 0 saturated carbocycles. The Bertz CT molecular complexity index is 297. The standard InChI is InChI=1S/C9H16N4O2/c1-7(2)3-8(12-9(14)15)4-13-6-10-5-11-13/h5-8,12H,3-4H2,1-2H3,(H,14,15). The topological polar surface area (TPSA) is 80.0 Å². The van der Waals surface area contributed by atoms with Crippen LogP contribution in [0.4, 0.5) is 4.79 Å². The second-order valence-corrected chi connectivity index (χ2v) is 3.89. The van der Waals surface area contributed by atoms with Crippen molar-refractivity contribution in [2.45, 2.75) is 32.9 Å². The summed E-state index contributed by atoms with van der Waals surface area (Å²) >= 11 is 0. The molecule has 15 heavy (non-hydrogen) atoms. The van der Waals surface area contributed by atoms with Crippen molar-refractivity contribution in [2.24, 2.45) is 5.92 Å². The molecular weight excluding hydrogens is 196 g/mol. The normalized spacial score (nSPS) is 12.7. The van der Waals surface area contributed by atoms with Gasteiger partial charge in [-0.25, -0.2) is 9.78 Å². The van der Waals surface area contributed by atoms with Gasteiger partial charge in [-0.15, -0.1) is 0 Å². The Morgan fingerprint density at radius 1 is 1.60 bits per heavy atom. The Labute approximate surface area is 88.3 Å². The van der Waals surface area contributed by atoms with Crippen LogP contribution < -0.4 is 5.32 Å². The molecule has 0 aliphatic carbocycles. The van der Waals surface area contributed by atoms with Gasteiger partial charge in [0.05, 0.1) is 12.6 Å². The highest BCUT2D eigenvalue weighted by Crippen LogP contribution is 2.06. The van der Waals surface area contributed by atoms with E-state index in [1.54, 1.807) is 11.0 Å². The molecule has 0 aliphatic heterocycles. The van der Waals surface area contributed by atoms with E-state index in [0.29, 0.717) is 12.5 Å². The second-order valence-electron chi connectivity index (χ2n) is 3.89. The minimum absolute atomic E-state index is 0.121. The van der Waals surface area contributed by atoms with E-state index in [9.17, 15) is 4.79 Å². The summed E-state index contributed by atoms with van der Waals surface area (Å²) in [4.78, 5) is 14.4. The third kappa shape index (κ3) is 4.44. The van der Waals surface area contributed by atoms with Gasteiger partial charge in [0.15, 0.2) is 0 Å². The van der Waals surface area contributed by atoms with Crippen molar-refractivity contribution >= 4 is 6.09 Å². The molecule has 0 saturated heterocycles. The van der Waals surface area contributed by atoms with Gasteiger partial charge in [-0.3, -0.25) is 4.68 Å². The number of carbonyl (C=O) groups is 1. The number of amides is 1. The Kier molecular flexibility index (Phi) is 4.08. The van der Waals surface area contributed by atoms with Crippen molar-refractivity contribution < 1.29 is 9.90 Å². The number of hydrogen-bond acceptors (Lipinski definition) is 3. The monoisotopic (exact) mass is 212 g/mol. The molecule has 6 heteroatoms. The summed E-state index contributed by atoms with van der Waals surface area (Å²) in [5.74, 6) is 0.436. The summed E-state index contributed by atoms with van der Waals surface area (Å²) in [7, 11) is 0. The molecule has 1 amide bonds. The fourth-order valence-electron chi connectivity index (χ4n) is 1.48. The molecule has 1 heterocycles. The van der Waals surface area contributed by atoms with Crippen LogP contribution in [0.15, 0.2) is 12.7 Å². The van der Waals surface area contributed by atoms with E-state index < -0.39 is 6.09 Å². The van der Waals surface area contributed by atoms with E-state index in [-0.39, 0.29) is 6.04 Å². The number of nitrogens with zero attached hydrogens (tertiary/aromatic N) is 3. The number of carboxylic acid groups (broad SMARTS) is 1. The van der Waals surface area contributed by atoms with E-state index in [0.717, 1.165) is 6.42 Å². The maximum atomic E-state index is 10.6. The summed E-state index contributed by atoms with van der Waals surface area (Å²) in [6, 6.07) is -0.121. The zero-order valence-electron chi connectivity index (χ0n) is 8.92. The lowest BCUT2D eigenvalue weighted by atomic mass is 10.0. The van der Waals surface area contributed by atoms with E-state index in [4.69, 9.17) is 5.11 Å². The summed E-state index contributed by atoms with van der Waals surface area (Å²) < 4.78 is 1.63. The van der Waals surface area contributed by atoms with Gasteiger partial charge in [0, 0.05) is 0 Å². The predicted molar refractivity (Wildman–Crippen MR) is 54.4 cm³/mol. The third-order valence-corrected chi connectivity index (χ3v) is 1.96. The van der Waals surface area contributed by atoms with Gasteiger partial charge in [0.2, 0.25) is 0 Å². The van der Waals surface area contributed by atoms with Crippen LogP contribution in [-0.2, 0) is 6.54 Å². The highest BCUT2D eigenvalue weighted by Gasteiger charge is 2.14. The summed E-state index contributed by atoms with van der Waals surface area (Å²) in [6.45, 7) is 4.63. The first-order valence-corrected chi connectivity index (χ1v) is 4.89. The zero-order chi connectivity index (χ0) is 11.3. The number of aromatic nitrogens is 3. The molecule has 1 aromatic rings.